The average molecular weight is 490 g/mol. The molecule has 5 heteroatoms. The van der Waals surface area contributed by atoms with Crippen LogP contribution in [0.5, 0.6) is 0 Å². The number of nitrogens with zero attached hydrogens (tertiary/aromatic N) is 1. The third-order valence-corrected chi connectivity index (χ3v) is 8.09. The van der Waals surface area contributed by atoms with Crippen molar-refractivity contribution < 1.29 is 14.6 Å². The van der Waals surface area contributed by atoms with Gasteiger partial charge in [0, 0.05) is 24.4 Å². The molecule has 3 aromatic rings. The molecule has 0 spiro atoms. The van der Waals surface area contributed by atoms with Crippen molar-refractivity contribution in [3.8, 4) is 0 Å². The van der Waals surface area contributed by atoms with E-state index in [1.165, 1.54) is 16.7 Å². The van der Waals surface area contributed by atoms with Crippen LogP contribution in [0.15, 0.2) is 91.0 Å². The zero-order valence-corrected chi connectivity index (χ0v) is 21.6. The summed E-state index contributed by atoms with van der Waals surface area (Å²) in [6.45, 7) is 6.29. The van der Waals surface area contributed by atoms with Gasteiger partial charge in [0.25, 0.3) is 0 Å². The second kappa shape index (κ2) is 10.9. The van der Waals surface area contributed by atoms with Gasteiger partial charge in [-0.3, -0.25) is 0 Å². The number of benzene rings is 3. The monoisotopic (exact) mass is 489 g/mol. The first-order chi connectivity index (χ1) is 16.8. The van der Waals surface area contributed by atoms with Crippen molar-refractivity contribution in [2.45, 2.75) is 55.3 Å². The molecule has 35 heavy (non-hydrogen) atoms. The minimum atomic E-state index is -0.562. The molecule has 0 radical (unpaired) electrons. The van der Waals surface area contributed by atoms with E-state index in [2.05, 4.69) is 72.8 Å². The van der Waals surface area contributed by atoms with Crippen LogP contribution in [0.3, 0.4) is 0 Å². The van der Waals surface area contributed by atoms with E-state index in [1.54, 1.807) is 0 Å². The molecular weight excluding hydrogens is 454 g/mol. The average Bonchev–Trinajstić information content (AvgIpc) is 3.26. The van der Waals surface area contributed by atoms with Crippen molar-refractivity contribution in [1.82, 2.24) is 4.90 Å². The molecule has 184 valence electrons. The SMILES string of the molecule is CC(C)(C)OC(=O)N1C[C@@H](SC(c2ccccc2)(c2ccccc2)c2ccccc2)C[C@@H]1CCO. The molecule has 0 bridgehead atoms. The number of ether oxygens (including phenoxy) is 1. The summed E-state index contributed by atoms with van der Waals surface area (Å²) < 4.78 is 5.28. The van der Waals surface area contributed by atoms with Gasteiger partial charge in [-0.1, -0.05) is 91.0 Å². The van der Waals surface area contributed by atoms with E-state index in [-0.39, 0.29) is 24.0 Å². The molecule has 4 rings (SSSR count). The Hall–Kier alpha value is -2.76. The van der Waals surface area contributed by atoms with E-state index in [0.29, 0.717) is 13.0 Å². The summed E-state index contributed by atoms with van der Waals surface area (Å²) in [5, 5.41) is 9.89. The number of likely N-dealkylation sites (tertiary alicyclic amines) is 1. The van der Waals surface area contributed by atoms with Crippen molar-refractivity contribution in [2.24, 2.45) is 0 Å². The summed E-state index contributed by atoms with van der Waals surface area (Å²) in [6.07, 6.45) is 1.05. The summed E-state index contributed by atoms with van der Waals surface area (Å²) in [7, 11) is 0. The van der Waals surface area contributed by atoms with Crippen LogP contribution in [0.25, 0.3) is 0 Å². The van der Waals surface area contributed by atoms with Crippen LogP contribution in [0.4, 0.5) is 4.79 Å². The smallest absolute Gasteiger partial charge is 0.410 e. The Labute approximate surface area is 213 Å². The fourth-order valence-corrected chi connectivity index (χ4v) is 6.77. The van der Waals surface area contributed by atoms with Crippen LogP contribution in [-0.4, -0.2) is 46.1 Å². The van der Waals surface area contributed by atoms with E-state index in [1.807, 2.05) is 55.6 Å². The molecule has 1 amide bonds. The molecule has 2 atom stereocenters. The van der Waals surface area contributed by atoms with Crippen LogP contribution >= 0.6 is 11.8 Å². The van der Waals surface area contributed by atoms with Gasteiger partial charge in [-0.25, -0.2) is 4.79 Å². The maximum Gasteiger partial charge on any atom is 0.410 e. The zero-order chi connectivity index (χ0) is 24.9. The normalized spacial score (nSPS) is 18.5. The molecule has 1 fully saturated rings. The minimum Gasteiger partial charge on any atom is -0.444 e. The van der Waals surface area contributed by atoms with Gasteiger partial charge in [0.2, 0.25) is 0 Å². The third-order valence-electron chi connectivity index (χ3n) is 6.35. The number of hydrogen-bond donors (Lipinski definition) is 1. The molecule has 1 heterocycles. The van der Waals surface area contributed by atoms with Crippen molar-refractivity contribution >= 4 is 17.9 Å². The van der Waals surface area contributed by atoms with E-state index in [4.69, 9.17) is 4.74 Å². The fourth-order valence-electron chi connectivity index (χ4n) is 4.90. The van der Waals surface area contributed by atoms with Gasteiger partial charge < -0.3 is 14.7 Å². The van der Waals surface area contributed by atoms with Crippen molar-refractivity contribution in [3.05, 3.63) is 108 Å². The number of carbonyl (C=O) groups is 1. The molecule has 0 saturated carbocycles. The Morgan fingerprint density at radius 1 is 0.886 bits per heavy atom. The number of thioether (sulfide) groups is 1. The highest BCUT2D eigenvalue weighted by atomic mass is 32.2. The number of aliphatic hydroxyl groups is 1. The highest BCUT2D eigenvalue weighted by molar-refractivity contribution is 8.01. The van der Waals surface area contributed by atoms with Crippen LogP contribution in [0.1, 0.15) is 50.3 Å². The van der Waals surface area contributed by atoms with Crippen molar-refractivity contribution in [1.29, 1.82) is 0 Å². The first-order valence-corrected chi connectivity index (χ1v) is 13.2. The molecule has 1 N–H and O–H groups in total. The molecule has 0 unspecified atom stereocenters. The highest BCUT2D eigenvalue weighted by Crippen LogP contribution is 2.52. The molecule has 3 aromatic carbocycles. The first kappa shape index (κ1) is 25.3. The maximum atomic E-state index is 13.1. The summed E-state index contributed by atoms with van der Waals surface area (Å²) in [5.74, 6) is 0. The Bertz CT molecular complexity index is 986. The molecule has 0 aliphatic carbocycles. The molecule has 1 aliphatic rings. The largest absolute Gasteiger partial charge is 0.444 e. The lowest BCUT2D eigenvalue weighted by Crippen LogP contribution is -2.40. The topological polar surface area (TPSA) is 49.8 Å². The van der Waals surface area contributed by atoms with Crippen LogP contribution < -0.4 is 0 Å². The lowest BCUT2D eigenvalue weighted by atomic mass is 9.84. The Morgan fingerprint density at radius 2 is 1.34 bits per heavy atom. The number of hydrogen-bond acceptors (Lipinski definition) is 4. The van der Waals surface area contributed by atoms with E-state index < -0.39 is 10.3 Å². The summed E-state index contributed by atoms with van der Waals surface area (Å²) in [5.41, 5.74) is 3.05. The second-order valence-electron chi connectivity index (χ2n) is 10.1. The lowest BCUT2D eigenvalue weighted by molar-refractivity contribution is 0.0209. The predicted molar refractivity (Wildman–Crippen MR) is 144 cm³/mol. The molecule has 4 nitrogen and oxygen atoms in total. The summed E-state index contributed by atoms with van der Waals surface area (Å²) in [4.78, 5) is 14.9. The lowest BCUT2D eigenvalue weighted by Gasteiger charge is -2.37. The summed E-state index contributed by atoms with van der Waals surface area (Å²) in [6, 6.07) is 31.8. The van der Waals surface area contributed by atoms with E-state index >= 15 is 0 Å². The number of rotatable bonds is 7. The van der Waals surface area contributed by atoms with Gasteiger partial charge >= 0.3 is 6.09 Å². The predicted octanol–water partition coefficient (Wildman–Crippen LogP) is 6.47. The molecule has 0 aromatic heterocycles. The van der Waals surface area contributed by atoms with Gasteiger partial charge in [0.15, 0.2) is 0 Å². The first-order valence-electron chi connectivity index (χ1n) is 12.3. The Kier molecular flexibility index (Phi) is 7.88. The van der Waals surface area contributed by atoms with Crippen molar-refractivity contribution in [3.63, 3.8) is 0 Å². The molecule has 1 aliphatic heterocycles. The van der Waals surface area contributed by atoms with Crippen molar-refractivity contribution in [2.75, 3.05) is 13.2 Å². The van der Waals surface area contributed by atoms with Gasteiger partial charge in [0.1, 0.15) is 5.60 Å². The van der Waals surface area contributed by atoms with Crippen LogP contribution in [0.2, 0.25) is 0 Å². The van der Waals surface area contributed by atoms with Gasteiger partial charge in [-0.2, -0.15) is 0 Å². The summed E-state index contributed by atoms with van der Waals surface area (Å²) >= 11 is 1.90. The number of amides is 1. The quantitative estimate of drug-likeness (QED) is 0.386. The van der Waals surface area contributed by atoms with Crippen LogP contribution in [-0.2, 0) is 9.48 Å². The number of carbonyl (C=O) groups excluding carboxylic acids is 1. The third kappa shape index (κ3) is 5.74. The minimum absolute atomic E-state index is 0.0442. The molecule has 1 saturated heterocycles. The standard InChI is InChI=1S/C30H35NO3S/c1-29(2,3)34-28(33)31-22-27(21-26(31)19-20-32)35-30(23-13-7-4-8-14-23,24-15-9-5-10-16-24)25-17-11-6-12-18-25/h4-18,26-27,32H,19-22H2,1-3H3/t26-,27-/m0/s1. The highest BCUT2D eigenvalue weighted by Gasteiger charge is 2.44. The Balaban J connectivity index is 1.76. The van der Waals surface area contributed by atoms with Gasteiger partial charge in [0.05, 0.1) is 4.75 Å². The van der Waals surface area contributed by atoms with E-state index in [9.17, 15) is 9.90 Å². The van der Waals surface area contributed by atoms with Gasteiger partial charge in [-0.15, -0.1) is 11.8 Å². The van der Waals surface area contributed by atoms with Crippen LogP contribution in [0, 0.1) is 0 Å². The van der Waals surface area contributed by atoms with Gasteiger partial charge in [-0.05, 0) is 50.3 Å². The molecular formula is C30H35NO3S. The number of aliphatic hydroxyl groups excluding tert-OH is 1. The zero-order valence-electron chi connectivity index (χ0n) is 20.8. The fraction of sp³-hybridized carbons (Fsp3) is 0.367. The maximum absolute atomic E-state index is 13.1. The second-order valence-corrected chi connectivity index (χ2v) is 11.6. The Morgan fingerprint density at radius 3 is 1.74 bits per heavy atom. The van der Waals surface area contributed by atoms with E-state index in [0.717, 1.165) is 6.42 Å².